The standard InChI is InChI=1S/C12H13F2N3/c1-2-15-12(8-6-16-17-7-8)10-4-3-9(13)5-11(10)14/h3-7,12,15H,2H2,1H3,(H,16,17). The van der Waals surface area contributed by atoms with Gasteiger partial charge in [0.25, 0.3) is 0 Å². The molecule has 0 radical (unpaired) electrons. The molecule has 17 heavy (non-hydrogen) atoms. The van der Waals surface area contributed by atoms with Gasteiger partial charge in [0.2, 0.25) is 0 Å². The summed E-state index contributed by atoms with van der Waals surface area (Å²) in [5.74, 6) is -1.13. The van der Waals surface area contributed by atoms with Gasteiger partial charge in [-0.05, 0) is 12.6 Å². The van der Waals surface area contributed by atoms with E-state index in [-0.39, 0.29) is 6.04 Å². The Labute approximate surface area is 97.9 Å². The van der Waals surface area contributed by atoms with Crippen LogP contribution < -0.4 is 5.32 Å². The van der Waals surface area contributed by atoms with Crippen molar-refractivity contribution in [3.63, 3.8) is 0 Å². The van der Waals surface area contributed by atoms with E-state index in [1.54, 1.807) is 12.4 Å². The van der Waals surface area contributed by atoms with Crippen LogP contribution in [0.1, 0.15) is 24.1 Å². The van der Waals surface area contributed by atoms with Gasteiger partial charge in [0.15, 0.2) is 0 Å². The molecule has 1 aromatic carbocycles. The first-order valence-corrected chi connectivity index (χ1v) is 5.39. The molecule has 2 rings (SSSR count). The van der Waals surface area contributed by atoms with Gasteiger partial charge in [-0.25, -0.2) is 8.78 Å². The Hall–Kier alpha value is -1.75. The predicted molar refractivity (Wildman–Crippen MR) is 60.5 cm³/mol. The number of benzene rings is 1. The summed E-state index contributed by atoms with van der Waals surface area (Å²) in [6.45, 7) is 2.60. The Morgan fingerprint density at radius 2 is 2.24 bits per heavy atom. The molecule has 0 spiro atoms. The molecule has 0 aliphatic carbocycles. The van der Waals surface area contributed by atoms with E-state index in [2.05, 4.69) is 15.5 Å². The Balaban J connectivity index is 2.39. The van der Waals surface area contributed by atoms with Crippen LogP contribution in [0.25, 0.3) is 0 Å². The van der Waals surface area contributed by atoms with Gasteiger partial charge in [-0.15, -0.1) is 0 Å². The fourth-order valence-corrected chi connectivity index (χ4v) is 1.77. The van der Waals surface area contributed by atoms with Crippen LogP contribution in [0.5, 0.6) is 0 Å². The van der Waals surface area contributed by atoms with Crippen LogP contribution in [0, 0.1) is 11.6 Å². The van der Waals surface area contributed by atoms with E-state index in [0.717, 1.165) is 11.6 Å². The second-order valence-electron chi connectivity index (χ2n) is 3.69. The molecule has 2 aromatic rings. The average Bonchev–Trinajstić information content (AvgIpc) is 2.80. The van der Waals surface area contributed by atoms with E-state index in [1.165, 1.54) is 12.1 Å². The zero-order chi connectivity index (χ0) is 12.3. The lowest BCUT2D eigenvalue weighted by molar-refractivity contribution is 0.541. The normalized spacial score (nSPS) is 12.6. The summed E-state index contributed by atoms with van der Waals surface area (Å²) < 4.78 is 26.6. The number of halogens is 2. The van der Waals surface area contributed by atoms with Crippen molar-refractivity contribution in [2.75, 3.05) is 6.54 Å². The van der Waals surface area contributed by atoms with Gasteiger partial charge >= 0.3 is 0 Å². The molecule has 2 N–H and O–H groups in total. The average molecular weight is 237 g/mol. The summed E-state index contributed by atoms with van der Waals surface area (Å²) in [5, 5.41) is 9.66. The lowest BCUT2D eigenvalue weighted by Gasteiger charge is -2.17. The zero-order valence-electron chi connectivity index (χ0n) is 9.37. The number of nitrogens with one attached hydrogen (secondary N) is 2. The van der Waals surface area contributed by atoms with Crippen LogP contribution in [0.4, 0.5) is 8.78 Å². The van der Waals surface area contributed by atoms with Crippen LogP contribution in [-0.2, 0) is 0 Å². The van der Waals surface area contributed by atoms with E-state index < -0.39 is 11.6 Å². The summed E-state index contributed by atoms with van der Waals surface area (Å²) in [6.07, 6.45) is 3.31. The van der Waals surface area contributed by atoms with Crippen molar-refractivity contribution < 1.29 is 8.78 Å². The molecule has 0 amide bonds. The Morgan fingerprint density at radius 1 is 1.41 bits per heavy atom. The molecule has 3 nitrogen and oxygen atoms in total. The van der Waals surface area contributed by atoms with Crippen LogP contribution in [0.15, 0.2) is 30.6 Å². The van der Waals surface area contributed by atoms with Crippen molar-refractivity contribution in [2.24, 2.45) is 0 Å². The molecule has 0 bridgehead atoms. The van der Waals surface area contributed by atoms with E-state index >= 15 is 0 Å². The number of H-pyrrole nitrogens is 1. The smallest absolute Gasteiger partial charge is 0.131 e. The fraction of sp³-hybridized carbons (Fsp3) is 0.250. The lowest BCUT2D eigenvalue weighted by Crippen LogP contribution is -2.22. The molecule has 1 unspecified atom stereocenters. The number of hydrogen-bond donors (Lipinski definition) is 2. The van der Waals surface area contributed by atoms with Crippen LogP contribution in [0.3, 0.4) is 0 Å². The second kappa shape index (κ2) is 5.05. The first kappa shape index (κ1) is 11.7. The lowest BCUT2D eigenvalue weighted by atomic mass is 10.0. The van der Waals surface area contributed by atoms with Crippen LogP contribution in [0.2, 0.25) is 0 Å². The Morgan fingerprint density at radius 3 is 2.82 bits per heavy atom. The van der Waals surface area contributed by atoms with Gasteiger partial charge in [0.1, 0.15) is 11.6 Å². The molecule has 1 heterocycles. The van der Waals surface area contributed by atoms with Crippen molar-refractivity contribution in [1.82, 2.24) is 15.5 Å². The van der Waals surface area contributed by atoms with Crippen molar-refractivity contribution in [1.29, 1.82) is 0 Å². The van der Waals surface area contributed by atoms with Gasteiger partial charge < -0.3 is 5.32 Å². The molecule has 0 saturated carbocycles. The predicted octanol–water partition coefficient (Wildman–Crippen LogP) is 2.39. The van der Waals surface area contributed by atoms with Gasteiger partial charge in [0, 0.05) is 23.4 Å². The van der Waals surface area contributed by atoms with Crippen molar-refractivity contribution in [3.8, 4) is 0 Å². The minimum absolute atomic E-state index is 0.320. The third-order valence-corrected chi connectivity index (χ3v) is 2.53. The highest BCUT2D eigenvalue weighted by atomic mass is 19.1. The minimum Gasteiger partial charge on any atom is -0.306 e. The molecular weight excluding hydrogens is 224 g/mol. The van der Waals surface area contributed by atoms with Crippen molar-refractivity contribution in [3.05, 3.63) is 53.4 Å². The molecule has 1 atom stereocenters. The quantitative estimate of drug-likeness (QED) is 0.857. The summed E-state index contributed by atoms with van der Waals surface area (Å²) in [4.78, 5) is 0. The molecule has 5 heteroatoms. The van der Waals surface area contributed by atoms with Gasteiger partial charge in [-0.3, -0.25) is 5.10 Å². The molecule has 0 aliphatic rings. The van der Waals surface area contributed by atoms with Gasteiger partial charge in [-0.1, -0.05) is 13.0 Å². The number of rotatable bonds is 4. The number of aromatic nitrogens is 2. The van der Waals surface area contributed by atoms with E-state index in [1.807, 2.05) is 6.92 Å². The molecule has 0 fully saturated rings. The summed E-state index contributed by atoms with van der Waals surface area (Å²) in [7, 11) is 0. The maximum absolute atomic E-state index is 13.7. The molecule has 0 aliphatic heterocycles. The number of nitrogens with zero attached hydrogens (tertiary/aromatic N) is 1. The Kier molecular flexibility index (Phi) is 3.49. The third kappa shape index (κ3) is 2.50. The zero-order valence-corrected chi connectivity index (χ0v) is 9.37. The molecule has 0 saturated heterocycles. The maximum Gasteiger partial charge on any atom is 0.131 e. The van der Waals surface area contributed by atoms with E-state index in [0.29, 0.717) is 12.1 Å². The van der Waals surface area contributed by atoms with E-state index in [4.69, 9.17) is 0 Å². The van der Waals surface area contributed by atoms with Gasteiger partial charge in [0.05, 0.1) is 12.2 Å². The topological polar surface area (TPSA) is 40.7 Å². The van der Waals surface area contributed by atoms with Crippen LogP contribution >= 0.6 is 0 Å². The molecular formula is C12H13F2N3. The van der Waals surface area contributed by atoms with Crippen molar-refractivity contribution in [2.45, 2.75) is 13.0 Å². The summed E-state index contributed by atoms with van der Waals surface area (Å²) >= 11 is 0. The number of aromatic amines is 1. The molecule has 1 aromatic heterocycles. The Bertz CT molecular complexity index is 483. The van der Waals surface area contributed by atoms with Crippen molar-refractivity contribution >= 4 is 0 Å². The van der Waals surface area contributed by atoms with E-state index in [9.17, 15) is 8.78 Å². The highest BCUT2D eigenvalue weighted by Crippen LogP contribution is 2.24. The number of hydrogen-bond acceptors (Lipinski definition) is 2. The minimum atomic E-state index is -0.575. The second-order valence-corrected chi connectivity index (χ2v) is 3.69. The first-order valence-electron chi connectivity index (χ1n) is 5.39. The SMILES string of the molecule is CCNC(c1cn[nH]c1)c1ccc(F)cc1F. The monoisotopic (exact) mass is 237 g/mol. The summed E-state index contributed by atoms with van der Waals surface area (Å²) in [5.41, 5.74) is 1.23. The third-order valence-electron chi connectivity index (χ3n) is 2.53. The summed E-state index contributed by atoms with van der Waals surface area (Å²) in [6, 6.07) is 3.27. The van der Waals surface area contributed by atoms with Gasteiger partial charge in [-0.2, -0.15) is 5.10 Å². The highest BCUT2D eigenvalue weighted by molar-refractivity contribution is 5.30. The fourth-order valence-electron chi connectivity index (χ4n) is 1.77. The highest BCUT2D eigenvalue weighted by Gasteiger charge is 2.18. The first-order chi connectivity index (χ1) is 8.22. The van der Waals surface area contributed by atoms with Crippen LogP contribution in [-0.4, -0.2) is 16.7 Å². The maximum atomic E-state index is 13.7. The largest absolute Gasteiger partial charge is 0.306 e. The molecule has 90 valence electrons.